The molecule has 0 unspecified atom stereocenters. The molecule has 3 heterocycles. The van der Waals surface area contributed by atoms with E-state index in [4.69, 9.17) is 0 Å². The van der Waals surface area contributed by atoms with Crippen LogP contribution in [0, 0.1) is 0 Å². The number of anilines is 1. The molecule has 2 aromatic carbocycles. The Bertz CT molecular complexity index is 1190. The van der Waals surface area contributed by atoms with E-state index in [1.165, 1.54) is 22.5 Å². The molecule has 1 aliphatic heterocycles. The molecule has 2 aromatic heterocycles. The van der Waals surface area contributed by atoms with Crippen LogP contribution in [0.2, 0.25) is 0 Å². The van der Waals surface area contributed by atoms with Gasteiger partial charge in [-0.2, -0.15) is 0 Å². The van der Waals surface area contributed by atoms with Crippen molar-refractivity contribution in [2.75, 3.05) is 11.4 Å². The zero-order chi connectivity index (χ0) is 21.0. The van der Waals surface area contributed by atoms with Gasteiger partial charge in [0.05, 0.1) is 0 Å². The van der Waals surface area contributed by atoms with Gasteiger partial charge in [0.25, 0.3) is 5.91 Å². The smallest absolute Gasteiger partial charge is 0.271 e. The van der Waals surface area contributed by atoms with Crippen LogP contribution in [0.5, 0.6) is 0 Å². The largest absolute Gasteiger partial charge is 0.352 e. The zero-order valence-corrected chi connectivity index (χ0v) is 17.8. The van der Waals surface area contributed by atoms with Crippen LogP contribution in [-0.4, -0.2) is 22.4 Å². The van der Waals surface area contributed by atoms with Crippen molar-refractivity contribution in [3.05, 3.63) is 101 Å². The maximum absolute atomic E-state index is 12.5. The predicted octanol–water partition coefficient (Wildman–Crippen LogP) is 4.70. The van der Waals surface area contributed by atoms with E-state index >= 15 is 0 Å². The van der Waals surface area contributed by atoms with E-state index in [-0.39, 0.29) is 5.91 Å². The van der Waals surface area contributed by atoms with Crippen LogP contribution in [0.1, 0.15) is 27.2 Å². The maximum Gasteiger partial charge on any atom is 0.271 e. The van der Waals surface area contributed by atoms with Gasteiger partial charge in [-0.25, -0.2) is 9.97 Å². The van der Waals surface area contributed by atoms with Gasteiger partial charge in [-0.05, 0) is 29.2 Å². The Hall–Kier alpha value is -3.51. The molecule has 1 N–H and O–H groups in total. The average Bonchev–Trinajstić information content (AvgIpc) is 3.34. The Labute approximate surface area is 185 Å². The van der Waals surface area contributed by atoms with Crippen molar-refractivity contribution in [3.8, 4) is 10.6 Å². The van der Waals surface area contributed by atoms with Crippen LogP contribution in [0.4, 0.5) is 5.82 Å². The van der Waals surface area contributed by atoms with Gasteiger partial charge in [0.1, 0.15) is 16.5 Å². The molecule has 0 fully saturated rings. The molecule has 0 saturated carbocycles. The molecule has 0 bridgehead atoms. The number of nitrogens with one attached hydrogen (secondary N) is 1. The normalized spacial score (nSPS) is 13.0. The summed E-state index contributed by atoms with van der Waals surface area (Å²) in [4.78, 5) is 23.9. The first-order chi connectivity index (χ1) is 15.3. The summed E-state index contributed by atoms with van der Waals surface area (Å²) in [6.07, 6.45) is 2.88. The third kappa shape index (κ3) is 4.34. The number of thiazole rings is 1. The highest BCUT2D eigenvalue weighted by Crippen LogP contribution is 2.24. The van der Waals surface area contributed by atoms with Crippen molar-refractivity contribution < 1.29 is 4.79 Å². The predicted molar refractivity (Wildman–Crippen MR) is 124 cm³/mol. The van der Waals surface area contributed by atoms with E-state index in [0.29, 0.717) is 12.2 Å². The van der Waals surface area contributed by atoms with E-state index in [0.717, 1.165) is 41.5 Å². The number of hydrogen-bond donors (Lipinski definition) is 1. The first kappa shape index (κ1) is 19.5. The minimum atomic E-state index is -0.171. The number of nitrogens with zero attached hydrogens (tertiary/aromatic N) is 3. The molecular weight excluding hydrogens is 404 g/mol. The summed E-state index contributed by atoms with van der Waals surface area (Å²) in [5.74, 6) is 0.798. The Morgan fingerprint density at radius 2 is 1.81 bits per heavy atom. The topological polar surface area (TPSA) is 58.1 Å². The average molecular weight is 427 g/mol. The molecule has 5 nitrogen and oxygen atoms in total. The van der Waals surface area contributed by atoms with Gasteiger partial charge >= 0.3 is 0 Å². The number of fused-ring (bicyclic) bond motifs is 1. The summed E-state index contributed by atoms with van der Waals surface area (Å²) in [6, 6.07) is 22.5. The molecule has 0 atom stereocenters. The molecule has 0 radical (unpaired) electrons. The molecule has 154 valence electrons. The Balaban J connectivity index is 1.19. The van der Waals surface area contributed by atoms with Gasteiger partial charge in [0.15, 0.2) is 0 Å². The molecule has 6 heteroatoms. The van der Waals surface area contributed by atoms with Crippen molar-refractivity contribution in [1.82, 2.24) is 15.3 Å². The molecular formula is C25H22N4OS. The lowest BCUT2D eigenvalue weighted by Crippen LogP contribution is -2.31. The second kappa shape index (κ2) is 8.70. The number of carbonyl (C=O) groups excluding carboxylic acids is 1. The quantitative estimate of drug-likeness (QED) is 0.503. The van der Waals surface area contributed by atoms with Gasteiger partial charge in [-0.1, -0.05) is 60.7 Å². The van der Waals surface area contributed by atoms with Gasteiger partial charge in [-0.15, -0.1) is 11.3 Å². The molecule has 1 aliphatic rings. The molecule has 0 spiro atoms. The maximum atomic E-state index is 12.5. The lowest BCUT2D eigenvalue weighted by Gasteiger charge is -2.29. The minimum Gasteiger partial charge on any atom is -0.352 e. The Kier molecular flexibility index (Phi) is 5.46. The van der Waals surface area contributed by atoms with E-state index in [1.54, 1.807) is 5.38 Å². The first-order valence-corrected chi connectivity index (χ1v) is 11.2. The second-order valence-electron chi connectivity index (χ2n) is 7.55. The molecule has 4 aromatic rings. The number of carbonyl (C=O) groups is 1. The van der Waals surface area contributed by atoms with Crippen molar-refractivity contribution in [2.24, 2.45) is 0 Å². The Morgan fingerprint density at radius 3 is 2.61 bits per heavy atom. The lowest BCUT2D eigenvalue weighted by atomic mass is 10.00. The highest BCUT2D eigenvalue weighted by atomic mass is 32.1. The standard InChI is InChI=1S/C25H22N4OS/c30-24(22-17-31-25(28-22)20-7-2-1-3-8-20)27-15-18-10-11-23(26-14-18)29-13-12-19-6-4-5-9-21(19)16-29/h1-11,14,17H,12-13,15-16H2,(H,27,30). The number of amides is 1. The van der Waals surface area contributed by atoms with E-state index in [1.807, 2.05) is 48.7 Å². The third-order valence-electron chi connectivity index (χ3n) is 5.47. The summed E-state index contributed by atoms with van der Waals surface area (Å²) in [5, 5.41) is 5.59. The number of hydrogen-bond acceptors (Lipinski definition) is 5. The van der Waals surface area contributed by atoms with E-state index in [9.17, 15) is 4.79 Å². The highest BCUT2D eigenvalue weighted by Gasteiger charge is 2.17. The van der Waals surface area contributed by atoms with Crippen LogP contribution >= 0.6 is 11.3 Å². The van der Waals surface area contributed by atoms with Crippen LogP contribution in [0.3, 0.4) is 0 Å². The molecule has 1 amide bonds. The minimum absolute atomic E-state index is 0.171. The summed E-state index contributed by atoms with van der Waals surface area (Å²) in [6.45, 7) is 2.27. The van der Waals surface area contributed by atoms with Crippen molar-refractivity contribution >= 4 is 23.1 Å². The van der Waals surface area contributed by atoms with E-state index < -0.39 is 0 Å². The van der Waals surface area contributed by atoms with Crippen molar-refractivity contribution in [1.29, 1.82) is 0 Å². The zero-order valence-electron chi connectivity index (χ0n) is 17.0. The molecule has 5 rings (SSSR count). The third-order valence-corrected chi connectivity index (χ3v) is 6.37. The van der Waals surface area contributed by atoms with Crippen LogP contribution in [-0.2, 0) is 19.5 Å². The number of benzene rings is 2. The van der Waals surface area contributed by atoms with E-state index in [2.05, 4.69) is 44.5 Å². The lowest BCUT2D eigenvalue weighted by molar-refractivity contribution is 0.0946. The second-order valence-corrected chi connectivity index (χ2v) is 8.41. The van der Waals surface area contributed by atoms with Gasteiger partial charge in [0.2, 0.25) is 0 Å². The summed E-state index contributed by atoms with van der Waals surface area (Å²) >= 11 is 1.48. The first-order valence-electron chi connectivity index (χ1n) is 10.3. The number of rotatable bonds is 5. The van der Waals surface area contributed by atoms with Gasteiger partial charge in [-0.3, -0.25) is 4.79 Å². The fraction of sp³-hybridized carbons (Fsp3) is 0.160. The molecule has 0 aliphatic carbocycles. The van der Waals surface area contributed by atoms with Crippen molar-refractivity contribution in [2.45, 2.75) is 19.5 Å². The fourth-order valence-corrected chi connectivity index (χ4v) is 4.57. The van der Waals surface area contributed by atoms with Gasteiger partial charge in [0, 0.05) is 36.8 Å². The Morgan fingerprint density at radius 1 is 1.00 bits per heavy atom. The fourth-order valence-electron chi connectivity index (χ4n) is 3.76. The molecule has 31 heavy (non-hydrogen) atoms. The monoisotopic (exact) mass is 426 g/mol. The van der Waals surface area contributed by atoms with Gasteiger partial charge < -0.3 is 10.2 Å². The van der Waals surface area contributed by atoms with Crippen LogP contribution in [0.15, 0.2) is 78.3 Å². The highest BCUT2D eigenvalue weighted by molar-refractivity contribution is 7.13. The SMILES string of the molecule is O=C(NCc1ccc(N2CCc3ccccc3C2)nc1)c1csc(-c2ccccc2)n1. The molecule has 0 saturated heterocycles. The van der Waals surface area contributed by atoms with Crippen molar-refractivity contribution in [3.63, 3.8) is 0 Å². The summed E-state index contributed by atoms with van der Waals surface area (Å²) in [5.41, 5.74) is 5.22. The van der Waals surface area contributed by atoms with Crippen LogP contribution < -0.4 is 10.2 Å². The number of pyridine rings is 1. The number of aromatic nitrogens is 2. The summed E-state index contributed by atoms with van der Waals surface area (Å²) < 4.78 is 0. The van der Waals surface area contributed by atoms with Crippen LogP contribution in [0.25, 0.3) is 10.6 Å². The summed E-state index contributed by atoms with van der Waals surface area (Å²) in [7, 11) is 0.